The molecule has 0 saturated heterocycles. The van der Waals surface area contributed by atoms with Gasteiger partial charge >= 0.3 is 0 Å². The van der Waals surface area contributed by atoms with E-state index in [0.717, 1.165) is 22.2 Å². The lowest BCUT2D eigenvalue weighted by atomic mass is 10.1. The lowest BCUT2D eigenvalue weighted by molar-refractivity contribution is 0.0847. The number of hydrogen-bond donors (Lipinski definition) is 2. The van der Waals surface area contributed by atoms with Gasteiger partial charge in [0.15, 0.2) is 0 Å². The van der Waals surface area contributed by atoms with E-state index in [9.17, 15) is 9.59 Å². The topological polar surface area (TPSA) is 71.1 Å². The van der Waals surface area contributed by atoms with Gasteiger partial charge in [-0.25, -0.2) is 0 Å². The van der Waals surface area contributed by atoms with Crippen molar-refractivity contribution >= 4 is 22.7 Å². The molecule has 0 aliphatic carbocycles. The zero-order valence-electron chi connectivity index (χ0n) is 13.5. The highest BCUT2D eigenvalue weighted by Gasteiger charge is 2.13. The fourth-order valence-corrected chi connectivity index (χ4v) is 2.45. The number of carbonyl (C=O) groups is 2. The molecule has 0 atom stereocenters. The normalized spacial score (nSPS) is 10.4. The number of rotatable bonds is 2. The molecule has 1 heterocycles. The Balaban J connectivity index is 1.78. The minimum absolute atomic E-state index is 0.363. The Morgan fingerprint density at radius 2 is 1.54 bits per heavy atom. The van der Waals surface area contributed by atoms with Gasteiger partial charge in [0.1, 0.15) is 0 Å². The summed E-state index contributed by atoms with van der Waals surface area (Å²) in [7, 11) is 0. The SMILES string of the molecule is Cc1ccc(C(=O)NNC(=O)c2cc(C)nc3ccccc23)cc1. The van der Waals surface area contributed by atoms with Gasteiger partial charge in [0.05, 0.1) is 11.1 Å². The Bertz CT molecular complexity index is 918. The predicted molar refractivity (Wildman–Crippen MR) is 92.6 cm³/mol. The Morgan fingerprint density at radius 3 is 2.29 bits per heavy atom. The number of fused-ring (bicyclic) bond motifs is 1. The van der Waals surface area contributed by atoms with Crippen molar-refractivity contribution < 1.29 is 9.59 Å². The van der Waals surface area contributed by atoms with Gasteiger partial charge in [-0.3, -0.25) is 25.4 Å². The monoisotopic (exact) mass is 319 g/mol. The number of benzene rings is 2. The zero-order valence-corrected chi connectivity index (χ0v) is 13.5. The number of aromatic nitrogens is 1. The van der Waals surface area contributed by atoms with Crippen molar-refractivity contribution in [1.29, 1.82) is 0 Å². The van der Waals surface area contributed by atoms with Crippen molar-refractivity contribution in [2.24, 2.45) is 0 Å². The summed E-state index contributed by atoms with van der Waals surface area (Å²) in [6.45, 7) is 3.77. The molecular formula is C19H17N3O2. The van der Waals surface area contributed by atoms with E-state index in [1.807, 2.05) is 50.2 Å². The number of pyridine rings is 1. The van der Waals surface area contributed by atoms with Crippen LogP contribution in [0.25, 0.3) is 10.9 Å². The summed E-state index contributed by atoms with van der Waals surface area (Å²) >= 11 is 0. The number of amides is 2. The number of hydrogen-bond acceptors (Lipinski definition) is 3. The molecule has 0 unspecified atom stereocenters. The van der Waals surface area contributed by atoms with Crippen LogP contribution in [0.4, 0.5) is 0 Å². The summed E-state index contributed by atoms with van der Waals surface area (Å²) in [5.74, 6) is -0.740. The quantitative estimate of drug-likeness (QED) is 0.713. The minimum Gasteiger partial charge on any atom is -0.267 e. The van der Waals surface area contributed by atoms with E-state index < -0.39 is 0 Å². The summed E-state index contributed by atoms with van der Waals surface area (Å²) in [5.41, 5.74) is 8.41. The molecule has 3 rings (SSSR count). The van der Waals surface area contributed by atoms with Crippen molar-refractivity contribution in [2.45, 2.75) is 13.8 Å². The van der Waals surface area contributed by atoms with Gasteiger partial charge in [-0.2, -0.15) is 0 Å². The third kappa shape index (κ3) is 3.25. The van der Waals surface area contributed by atoms with Crippen LogP contribution in [0.3, 0.4) is 0 Å². The van der Waals surface area contributed by atoms with Crippen LogP contribution in [-0.4, -0.2) is 16.8 Å². The average molecular weight is 319 g/mol. The van der Waals surface area contributed by atoms with Crippen molar-refractivity contribution in [3.8, 4) is 0 Å². The van der Waals surface area contributed by atoms with Crippen LogP contribution >= 0.6 is 0 Å². The predicted octanol–water partition coefficient (Wildman–Crippen LogP) is 2.93. The van der Waals surface area contributed by atoms with Gasteiger partial charge in [-0.15, -0.1) is 0 Å². The highest BCUT2D eigenvalue weighted by molar-refractivity contribution is 6.07. The molecule has 2 amide bonds. The van der Waals surface area contributed by atoms with Crippen molar-refractivity contribution in [1.82, 2.24) is 15.8 Å². The molecule has 0 bridgehead atoms. The first kappa shape index (κ1) is 15.7. The molecule has 5 nitrogen and oxygen atoms in total. The fraction of sp³-hybridized carbons (Fsp3) is 0.105. The van der Waals surface area contributed by atoms with E-state index in [4.69, 9.17) is 0 Å². The molecule has 5 heteroatoms. The Labute approximate surface area is 139 Å². The Kier molecular flexibility index (Phi) is 4.24. The van der Waals surface area contributed by atoms with Crippen molar-refractivity contribution in [2.75, 3.05) is 0 Å². The van der Waals surface area contributed by atoms with Crippen LogP contribution in [0.1, 0.15) is 32.0 Å². The van der Waals surface area contributed by atoms with Gasteiger partial charge < -0.3 is 0 Å². The summed E-state index contributed by atoms with van der Waals surface area (Å²) in [5, 5.41) is 0.741. The molecule has 2 aromatic carbocycles. The molecule has 120 valence electrons. The molecule has 1 aromatic heterocycles. The van der Waals surface area contributed by atoms with E-state index in [2.05, 4.69) is 15.8 Å². The van der Waals surface area contributed by atoms with E-state index in [-0.39, 0.29) is 11.8 Å². The second-order valence-electron chi connectivity index (χ2n) is 5.60. The van der Waals surface area contributed by atoms with E-state index in [0.29, 0.717) is 11.1 Å². The second-order valence-corrected chi connectivity index (χ2v) is 5.60. The van der Waals surface area contributed by atoms with Gasteiger partial charge in [0, 0.05) is 16.6 Å². The molecule has 0 radical (unpaired) electrons. The first-order valence-corrected chi connectivity index (χ1v) is 7.58. The number of nitrogens with zero attached hydrogens (tertiary/aromatic N) is 1. The Morgan fingerprint density at radius 1 is 0.875 bits per heavy atom. The lowest BCUT2D eigenvalue weighted by Gasteiger charge is -2.10. The van der Waals surface area contributed by atoms with Crippen molar-refractivity contribution in [3.05, 3.63) is 77.0 Å². The number of aryl methyl sites for hydroxylation is 2. The molecule has 0 aliphatic heterocycles. The molecule has 24 heavy (non-hydrogen) atoms. The molecule has 2 N–H and O–H groups in total. The maximum absolute atomic E-state index is 12.4. The minimum atomic E-state index is -0.378. The number of hydrazine groups is 1. The smallest absolute Gasteiger partial charge is 0.267 e. The highest BCUT2D eigenvalue weighted by atomic mass is 16.2. The Hall–Kier alpha value is -3.21. The van der Waals surface area contributed by atoms with Crippen LogP contribution in [0.2, 0.25) is 0 Å². The third-order valence-electron chi connectivity index (χ3n) is 3.69. The summed E-state index contributed by atoms with van der Waals surface area (Å²) < 4.78 is 0. The van der Waals surface area contributed by atoms with Gasteiger partial charge in [-0.1, -0.05) is 35.9 Å². The van der Waals surface area contributed by atoms with Gasteiger partial charge in [0.25, 0.3) is 11.8 Å². The van der Waals surface area contributed by atoms with Gasteiger partial charge in [-0.05, 0) is 38.1 Å². The average Bonchev–Trinajstić information content (AvgIpc) is 2.59. The van der Waals surface area contributed by atoms with E-state index in [1.54, 1.807) is 18.2 Å². The highest BCUT2D eigenvalue weighted by Crippen LogP contribution is 2.17. The van der Waals surface area contributed by atoms with E-state index >= 15 is 0 Å². The van der Waals surface area contributed by atoms with Crippen LogP contribution < -0.4 is 10.9 Å². The third-order valence-corrected chi connectivity index (χ3v) is 3.69. The molecule has 3 aromatic rings. The van der Waals surface area contributed by atoms with Crippen LogP contribution in [0, 0.1) is 13.8 Å². The number of nitrogens with one attached hydrogen (secondary N) is 2. The first-order valence-electron chi connectivity index (χ1n) is 7.58. The zero-order chi connectivity index (χ0) is 17.1. The fourth-order valence-electron chi connectivity index (χ4n) is 2.45. The molecule has 0 saturated carbocycles. The molecule has 0 fully saturated rings. The first-order chi connectivity index (χ1) is 11.5. The molecular weight excluding hydrogens is 302 g/mol. The maximum atomic E-state index is 12.4. The number of carbonyl (C=O) groups excluding carboxylic acids is 2. The summed E-state index contributed by atoms with van der Waals surface area (Å²) in [4.78, 5) is 28.9. The molecule has 0 spiro atoms. The molecule has 0 aliphatic rings. The second kappa shape index (κ2) is 6.50. The van der Waals surface area contributed by atoms with Crippen molar-refractivity contribution in [3.63, 3.8) is 0 Å². The lowest BCUT2D eigenvalue weighted by Crippen LogP contribution is -2.41. The van der Waals surface area contributed by atoms with Gasteiger partial charge in [0.2, 0.25) is 0 Å². The number of para-hydroxylation sites is 1. The summed E-state index contributed by atoms with van der Waals surface area (Å²) in [6.07, 6.45) is 0. The summed E-state index contributed by atoms with van der Waals surface area (Å²) in [6, 6.07) is 16.2. The van der Waals surface area contributed by atoms with Crippen LogP contribution in [0.15, 0.2) is 54.6 Å². The largest absolute Gasteiger partial charge is 0.270 e. The maximum Gasteiger partial charge on any atom is 0.270 e. The van der Waals surface area contributed by atoms with E-state index in [1.165, 1.54) is 0 Å². The van der Waals surface area contributed by atoms with Crippen LogP contribution in [-0.2, 0) is 0 Å². The van der Waals surface area contributed by atoms with Crippen LogP contribution in [0.5, 0.6) is 0 Å². The standard InChI is InChI=1S/C19H17N3O2/c1-12-7-9-14(10-8-12)18(23)21-22-19(24)16-11-13(2)20-17-6-4-3-5-15(16)17/h3-11H,1-2H3,(H,21,23)(H,22,24).